The van der Waals surface area contributed by atoms with E-state index in [-0.39, 0.29) is 11.7 Å². The molecule has 0 saturated carbocycles. The molecular formula is C21H27FN6. The van der Waals surface area contributed by atoms with E-state index in [9.17, 15) is 4.39 Å². The Labute approximate surface area is 165 Å². The second kappa shape index (κ2) is 7.37. The van der Waals surface area contributed by atoms with Crippen LogP contribution in [0.3, 0.4) is 0 Å². The van der Waals surface area contributed by atoms with Gasteiger partial charge in [0, 0.05) is 44.3 Å². The summed E-state index contributed by atoms with van der Waals surface area (Å²) in [4.78, 5) is 14.4. The highest BCUT2D eigenvalue weighted by atomic mass is 19.1. The highest BCUT2D eigenvalue weighted by Crippen LogP contribution is 2.29. The van der Waals surface area contributed by atoms with E-state index in [0.717, 1.165) is 66.8 Å². The van der Waals surface area contributed by atoms with E-state index in [1.807, 2.05) is 23.7 Å². The van der Waals surface area contributed by atoms with Crippen LogP contribution in [0, 0.1) is 12.7 Å². The Morgan fingerprint density at radius 3 is 2.25 bits per heavy atom. The molecule has 0 N–H and O–H groups in total. The van der Waals surface area contributed by atoms with Crippen molar-refractivity contribution >= 4 is 22.5 Å². The smallest absolute Gasteiger partial charge is 0.158 e. The van der Waals surface area contributed by atoms with Crippen LogP contribution in [0.4, 0.5) is 15.9 Å². The first kappa shape index (κ1) is 18.7. The van der Waals surface area contributed by atoms with Gasteiger partial charge in [-0.05, 0) is 38.1 Å². The molecule has 1 fully saturated rings. The summed E-state index contributed by atoms with van der Waals surface area (Å²) in [6.07, 6.45) is 0. The largest absolute Gasteiger partial charge is 0.368 e. The molecule has 2 aromatic heterocycles. The van der Waals surface area contributed by atoms with Crippen LogP contribution < -0.4 is 9.80 Å². The predicted octanol–water partition coefficient (Wildman–Crippen LogP) is 3.74. The third kappa shape index (κ3) is 3.30. The molecule has 6 nitrogen and oxygen atoms in total. The number of aryl methyl sites for hydroxylation is 2. The highest BCUT2D eigenvalue weighted by molar-refractivity contribution is 5.88. The van der Waals surface area contributed by atoms with Crippen LogP contribution in [0.25, 0.3) is 11.0 Å². The Bertz CT molecular complexity index is 971. The zero-order valence-corrected chi connectivity index (χ0v) is 17.0. The quantitative estimate of drug-likeness (QED) is 0.688. The Balaban J connectivity index is 1.66. The van der Waals surface area contributed by atoms with Crippen molar-refractivity contribution in [1.82, 2.24) is 19.7 Å². The first-order chi connectivity index (χ1) is 13.5. The SMILES string of the molecule is CCn1nc(C)c2nc(C(C)C)nc(N3CCN(c4ccc(F)cc4)CC3)c21. The van der Waals surface area contributed by atoms with Crippen LogP contribution >= 0.6 is 0 Å². The molecule has 1 aliphatic rings. The number of piperazine rings is 1. The number of rotatable bonds is 4. The standard InChI is InChI=1S/C21H27FN6/c1-5-28-19-18(15(4)25-28)23-20(14(2)3)24-21(19)27-12-10-26(11-13-27)17-8-6-16(22)7-9-17/h6-9,14H,5,10-13H2,1-4H3. The van der Waals surface area contributed by atoms with Gasteiger partial charge in [0.15, 0.2) is 5.82 Å². The molecule has 0 spiro atoms. The first-order valence-electron chi connectivity index (χ1n) is 9.98. The van der Waals surface area contributed by atoms with Crippen molar-refractivity contribution in [2.75, 3.05) is 36.0 Å². The van der Waals surface area contributed by atoms with Gasteiger partial charge in [0.05, 0.1) is 5.69 Å². The van der Waals surface area contributed by atoms with Crippen molar-refractivity contribution < 1.29 is 4.39 Å². The van der Waals surface area contributed by atoms with Crippen LogP contribution in [-0.4, -0.2) is 45.9 Å². The van der Waals surface area contributed by atoms with E-state index in [0.29, 0.717) is 0 Å². The van der Waals surface area contributed by atoms with E-state index in [1.165, 1.54) is 12.1 Å². The van der Waals surface area contributed by atoms with Gasteiger partial charge in [0.25, 0.3) is 0 Å². The summed E-state index contributed by atoms with van der Waals surface area (Å²) in [6.45, 7) is 12.6. The molecular weight excluding hydrogens is 355 g/mol. The fraction of sp³-hybridized carbons (Fsp3) is 0.476. The van der Waals surface area contributed by atoms with Gasteiger partial charge in [-0.2, -0.15) is 5.10 Å². The van der Waals surface area contributed by atoms with E-state index in [1.54, 1.807) is 0 Å². The van der Waals surface area contributed by atoms with Gasteiger partial charge in [-0.15, -0.1) is 0 Å². The van der Waals surface area contributed by atoms with Crippen LogP contribution in [0.5, 0.6) is 0 Å². The molecule has 4 rings (SSSR count). The minimum absolute atomic E-state index is 0.199. The van der Waals surface area contributed by atoms with E-state index < -0.39 is 0 Å². The molecule has 0 unspecified atom stereocenters. The van der Waals surface area contributed by atoms with Gasteiger partial charge in [0.2, 0.25) is 0 Å². The van der Waals surface area contributed by atoms with E-state index in [4.69, 9.17) is 9.97 Å². The second-order valence-corrected chi connectivity index (χ2v) is 7.61. The molecule has 28 heavy (non-hydrogen) atoms. The zero-order valence-electron chi connectivity index (χ0n) is 17.0. The van der Waals surface area contributed by atoms with Gasteiger partial charge in [0.1, 0.15) is 22.7 Å². The van der Waals surface area contributed by atoms with E-state index in [2.05, 4.69) is 35.7 Å². The maximum atomic E-state index is 13.2. The molecule has 3 aromatic rings. The molecule has 0 aliphatic carbocycles. The lowest BCUT2D eigenvalue weighted by Crippen LogP contribution is -2.47. The molecule has 0 amide bonds. The Kier molecular flexibility index (Phi) is 4.91. The molecule has 0 bridgehead atoms. The molecule has 3 heterocycles. The summed E-state index contributed by atoms with van der Waals surface area (Å²) in [6, 6.07) is 6.74. The van der Waals surface area contributed by atoms with Crippen molar-refractivity contribution in [3.05, 3.63) is 41.6 Å². The number of fused-ring (bicyclic) bond motifs is 1. The van der Waals surface area contributed by atoms with Crippen LogP contribution in [-0.2, 0) is 6.54 Å². The zero-order chi connectivity index (χ0) is 19.8. The summed E-state index contributed by atoms with van der Waals surface area (Å²) < 4.78 is 15.2. The summed E-state index contributed by atoms with van der Waals surface area (Å²) >= 11 is 0. The van der Waals surface area contributed by atoms with E-state index >= 15 is 0 Å². The number of hydrogen-bond donors (Lipinski definition) is 0. The van der Waals surface area contributed by atoms with Crippen LogP contribution in [0.1, 0.15) is 38.2 Å². The van der Waals surface area contributed by atoms with Crippen molar-refractivity contribution in [3.63, 3.8) is 0 Å². The molecule has 1 aliphatic heterocycles. The highest BCUT2D eigenvalue weighted by Gasteiger charge is 2.24. The molecule has 0 atom stereocenters. The number of anilines is 2. The van der Waals surface area contributed by atoms with Gasteiger partial charge in [-0.3, -0.25) is 4.68 Å². The lowest BCUT2D eigenvalue weighted by molar-refractivity contribution is 0.622. The third-order valence-corrected chi connectivity index (χ3v) is 5.34. The summed E-state index contributed by atoms with van der Waals surface area (Å²) in [5.41, 5.74) is 4.00. The lowest BCUT2D eigenvalue weighted by atomic mass is 10.2. The number of benzene rings is 1. The molecule has 148 valence electrons. The summed E-state index contributed by atoms with van der Waals surface area (Å²) in [5.74, 6) is 1.90. The van der Waals surface area contributed by atoms with Crippen molar-refractivity contribution in [2.24, 2.45) is 0 Å². The van der Waals surface area contributed by atoms with Crippen LogP contribution in [0.2, 0.25) is 0 Å². The maximum Gasteiger partial charge on any atom is 0.158 e. The normalized spacial score (nSPS) is 15.1. The molecule has 1 saturated heterocycles. The fourth-order valence-corrected chi connectivity index (χ4v) is 3.76. The number of halogens is 1. The van der Waals surface area contributed by atoms with Gasteiger partial charge >= 0.3 is 0 Å². The van der Waals surface area contributed by atoms with Crippen molar-refractivity contribution in [3.8, 4) is 0 Å². The van der Waals surface area contributed by atoms with Gasteiger partial charge in [-0.1, -0.05) is 13.8 Å². The minimum Gasteiger partial charge on any atom is -0.368 e. The number of nitrogens with zero attached hydrogens (tertiary/aromatic N) is 6. The van der Waals surface area contributed by atoms with Crippen molar-refractivity contribution in [2.45, 2.75) is 40.2 Å². The summed E-state index contributed by atoms with van der Waals surface area (Å²) in [5, 5.41) is 4.68. The first-order valence-corrected chi connectivity index (χ1v) is 9.98. The number of hydrogen-bond acceptors (Lipinski definition) is 5. The fourth-order valence-electron chi connectivity index (χ4n) is 3.76. The monoisotopic (exact) mass is 382 g/mol. The Morgan fingerprint density at radius 1 is 1.00 bits per heavy atom. The number of aromatic nitrogens is 4. The summed E-state index contributed by atoms with van der Waals surface area (Å²) in [7, 11) is 0. The maximum absolute atomic E-state index is 13.2. The average Bonchev–Trinajstić information content (AvgIpc) is 3.04. The van der Waals surface area contributed by atoms with Crippen molar-refractivity contribution in [1.29, 1.82) is 0 Å². The van der Waals surface area contributed by atoms with Crippen LogP contribution in [0.15, 0.2) is 24.3 Å². The van der Waals surface area contributed by atoms with Gasteiger partial charge < -0.3 is 9.80 Å². The topological polar surface area (TPSA) is 50.1 Å². The minimum atomic E-state index is -0.199. The molecule has 1 aromatic carbocycles. The predicted molar refractivity (Wildman–Crippen MR) is 111 cm³/mol. The Hall–Kier alpha value is -2.70. The molecule has 7 heteroatoms. The van der Waals surface area contributed by atoms with Gasteiger partial charge in [-0.25, -0.2) is 14.4 Å². The third-order valence-electron chi connectivity index (χ3n) is 5.34. The Morgan fingerprint density at radius 2 is 1.64 bits per heavy atom. The second-order valence-electron chi connectivity index (χ2n) is 7.61. The molecule has 0 radical (unpaired) electrons. The average molecular weight is 382 g/mol. The lowest BCUT2D eigenvalue weighted by Gasteiger charge is -2.37.